The topological polar surface area (TPSA) is 72.4 Å². The van der Waals surface area contributed by atoms with Crippen molar-refractivity contribution in [3.8, 4) is 0 Å². The van der Waals surface area contributed by atoms with Crippen LogP contribution in [0.1, 0.15) is 49.0 Å². The molecule has 1 atom stereocenters. The largest absolute Gasteiger partial charge is 0.458 e. The molecule has 0 saturated carbocycles. The SMILES string of the molecule is Cc1nnsc1C(=O)N1CCC[C@H]1C(=O)OC(C)(C)C. The van der Waals surface area contributed by atoms with Gasteiger partial charge in [-0.2, -0.15) is 0 Å². The Morgan fingerprint density at radius 1 is 1.40 bits per heavy atom. The van der Waals surface area contributed by atoms with E-state index in [-0.39, 0.29) is 11.9 Å². The zero-order valence-corrected chi connectivity index (χ0v) is 13.0. The highest BCUT2D eigenvalue weighted by Gasteiger charge is 2.38. The molecule has 0 aromatic carbocycles. The number of aryl methyl sites for hydroxylation is 1. The first-order valence-corrected chi connectivity index (χ1v) is 7.40. The fourth-order valence-electron chi connectivity index (χ4n) is 2.18. The lowest BCUT2D eigenvalue weighted by Crippen LogP contribution is -2.43. The van der Waals surface area contributed by atoms with Gasteiger partial charge in [-0.05, 0) is 52.1 Å². The zero-order chi connectivity index (χ0) is 14.9. The molecule has 0 spiro atoms. The van der Waals surface area contributed by atoms with Gasteiger partial charge in [0, 0.05) is 6.54 Å². The van der Waals surface area contributed by atoms with Crippen molar-refractivity contribution in [2.45, 2.75) is 52.2 Å². The van der Waals surface area contributed by atoms with E-state index in [4.69, 9.17) is 4.74 Å². The Kier molecular flexibility index (Phi) is 4.08. The lowest BCUT2D eigenvalue weighted by molar-refractivity contribution is -0.159. The molecule has 1 aliphatic heterocycles. The van der Waals surface area contributed by atoms with Crippen LogP contribution in [-0.4, -0.2) is 44.6 Å². The third kappa shape index (κ3) is 3.15. The van der Waals surface area contributed by atoms with Gasteiger partial charge < -0.3 is 9.64 Å². The molecule has 0 unspecified atom stereocenters. The van der Waals surface area contributed by atoms with Crippen molar-refractivity contribution < 1.29 is 14.3 Å². The first-order chi connectivity index (χ1) is 9.29. The lowest BCUT2D eigenvalue weighted by atomic mass is 10.1. The van der Waals surface area contributed by atoms with Crippen molar-refractivity contribution >= 4 is 23.4 Å². The molecule has 1 aliphatic rings. The molecule has 7 heteroatoms. The molecule has 2 heterocycles. The Morgan fingerprint density at radius 3 is 2.65 bits per heavy atom. The van der Waals surface area contributed by atoms with Crippen molar-refractivity contribution in [2.24, 2.45) is 0 Å². The summed E-state index contributed by atoms with van der Waals surface area (Å²) in [7, 11) is 0. The average Bonchev–Trinajstić information content (AvgIpc) is 2.93. The highest BCUT2D eigenvalue weighted by molar-refractivity contribution is 7.07. The van der Waals surface area contributed by atoms with Crippen LogP contribution < -0.4 is 0 Å². The van der Waals surface area contributed by atoms with Gasteiger partial charge in [-0.1, -0.05) is 4.49 Å². The van der Waals surface area contributed by atoms with Gasteiger partial charge in [-0.15, -0.1) is 5.10 Å². The van der Waals surface area contributed by atoms with Crippen molar-refractivity contribution in [1.29, 1.82) is 0 Å². The molecule has 0 aliphatic carbocycles. The van der Waals surface area contributed by atoms with Crippen LogP contribution in [0.2, 0.25) is 0 Å². The second-order valence-corrected chi connectivity index (χ2v) is 6.63. The maximum Gasteiger partial charge on any atom is 0.329 e. The lowest BCUT2D eigenvalue weighted by Gasteiger charge is -2.27. The maximum absolute atomic E-state index is 12.5. The number of nitrogens with zero attached hydrogens (tertiary/aromatic N) is 3. The van der Waals surface area contributed by atoms with E-state index in [2.05, 4.69) is 9.59 Å². The molecule has 1 amide bonds. The fourth-order valence-corrected chi connectivity index (χ4v) is 2.80. The van der Waals surface area contributed by atoms with Crippen LogP contribution in [-0.2, 0) is 9.53 Å². The summed E-state index contributed by atoms with van der Waals surface area (Å²) in [6, 6.07) is -0.497. The molecule has 6 nitrogen and oxygen atoms in total. The normalized spacial score (nSPS) is 19.2. The number of hydrogen-bond acceptors (Lipinski definition) is 6. The van der Waals surface area contributed by atoms with Crippen LogP contribution in [0.3, 0.4) is 0 Å². The van der Waals surface area contributed by atoms with E-state index in [9.17, 15) is 9.59 Å². The van der Waals surface area contributed by atoms with Crippen molar-refractivity contribution in [2.75, 3.05) is 6.54 Å². The number of rotatable bonds is 2. The van der Waals surface area contributed by atoms with E-state index < -0.39 is 11.6 Å². The number of hydrogen-bond donors (Lipinski definition) is 0. The minimum absolute atomic E-state index is 0.175. The Hall–Kier alpha value is -1.50. The molecule has 0 radical (unpaired) electrons. The number of carbonyl (C=O) groups excluding carboxylic acids is 2. The third-order valence-electron chi connectivity index (χ3n) is 3.04. The van der Waals surface area contributed by atoms with Gasteiger partial charge in [0.15, 0.2) is 0 Å². The Balaban J connectivity index is 2.13. The van der Waals surface area contributed by atoms with E-state index in [0.717, 1.165) is 18.0 Å². The number of carbonyl (C=O) groups is 2. The van der Waals surface area contributed by atoms with Gasteiger partial charge in [-0.25, -0.2) is 4.79 Å². The summed E-state index contributed by atoms with van der Waals surface area (Å²) < 4.78 is 9.16. The molecule has 20 heavy (non-hydrogen) atoms. The monoisotopic (exact) mass is 297 g/mol. The van der Waals surface area contributed by atoms with Crippen LogP contribution >= 0.6 is 11.5 Å². The first kappa shape index (κ1) is 14.9. The molecule has 2 rings (SSSR count). The van der Waals surface area contributed by atoms with Crippen molar-refractivity contribution in [3.63, 3.8) is 0 Å². The summed E-state index contributed by atoms with van der Waals surface area (Å²) in [6.45, 7) is 7.78. The summed E-state index contributed by atoms with van der Waals surface area (Å²) >= 11 is 1.07. The number of likely N-dealkylation sites (tertiary alicyclic amines) is 1. The Bertz CT molecular complexity index is 521. The second-order valence-electron chi connectivity index (χ2n) is 5.88. The van der Waals surface area contributed by atoms with E-state index in [1.54, 1.807) is 11.8 Å². The summed E-state index contributed by atoms with van der Waals surface area (Å²) in [4.78, 5) is 26.7. The molecule has 0 N–H and O–H groups in total. The Morgan fingerprint density at radius 2 is 2.10 bits per heavy atom. The minimum Gasteiger partial charge on any atom is -0.458 e. The molecular weight excluding hydrogens is 278 g/mol. The summed E-state index contributed by atoms with van der Waals surface area (Å²) in [5, 5.41) is 3.84. The molecule has 1 aromatic heterocycles. The average molecular weight is 297 g/mol. The summed E-state index contributed by atoms with van der Waals surface area (Å²) in [5.74, 6) is -0.510. The van der Waals surface area contributed by atoms with Crippen LogP contribution in [0.5, 0.6) is 0 Å². The van der Waals surface area contributed by atoms with Crippen LogP contribution in [0.25, 0.3) is 0 Å². The van der Waals surface area contributed by atoms with E-state index >= 15 is 0 Å². The van der Waals surface area contributed by atoms with Gasteiger partial charge in [-0.3, -0.25) is 4.79 Å². The first-order valence-electron chi connectivity index (χ1n) is 6.62. The molecule has 1 aromatic rings. The summed E-state index contributed by atoms with van der Waals surface area (Å²) in [5.41, 5.74) is 0.0610. The van der Waals surface area contributed by atoms with Crippen LogP contribution in [0, 0.1) is 6.92 Å². The highest BCUT2D eigenvalue weighted by atomic mass is 32.1. The zero-order valence-electron chi connectivity index (χ0n) is 12.2. The van der Waals surface area contributed by atoms with Gasteiger partial charge >= 0.3 is 5.97 Å². The molecule has 1 fully saturated rings. The smallest absolute Gasteiger partial charge is 0.329 e. The maximum atomic E-state index is 12.5. The minimum atomic E-state index is -0.545. The van der Waals surface area contributed by atoms with Crippen molar-refractivity contribution in [3.05, 3.63) is 10.6 Å². The third-order valence-corrected chi connectivity index (χ3v) is 3.85. The predicted molar refractivity (Wildman–Crippen MR) is 74.5 cm³/mol. The number of esters is 1. The van der Waals surface area contributed by atoms with E-state index in [1.807, 2.05) is 20.8 Å². The van der Waals surface area contributed by atoms with E-state index in [0.29, 0.717) is 23.5 Å². The standard InChI is InChI=1S/C13H19N3O3S/c1-8-10(20-15-14-8)11(17)16-7-5-6-9(16)12(18)19-13(2,3)4/h9H,5-7H2,1-4H3/t9-/m0/s1. The molecular formula is C13H19N3O3S. The highest BCUT2D eigenvalue weighted by Crippen LogP contribution is 2.24. The summed E-state index contributed by atoms with van der Waals surface area (Å²) in [6.07, 6.45) is 1.45. The quantitative estimate of drug-likeness (QED) is 0.778. The molecule has 0 bridgehead atoms. The van der Waals surface area contributed by atoms with Gasteiger partial charge in [0.25, 0.3) is 5.91 Å². The van der Waals surface area contributed by atoms with Crippen LogP contribution in [0.4, 0.5) is 0 Å². The van der Waals surface area contributed by atoms with Crippen LogP contribution in [0.15, 0.2) is 0 Å². The molecule has 1 saturated heterocycles. The predicted octanol–water partition coefficient (Wildman–Crippen LogP) is 1.79. The second kappa shape index (κ2) is 5.47. The van der Waals surface area contributed by atoms with Gasteiger partial charge in [0.05, 0.1) is 5.69 Å². The number of aromatic nitrogens is 2. The van der Waals surface area contributed by atoms with Gasteiger partial charge in [0.1, 0.15) is 16.5 Å². The number of amides is 1. The fraction of sp³-hybridized carbons (Fsp3) is 0.692. The van der Waals surface area contributed by atoms with Gasteiger partial charge in [0.2, 0.25) is 0 Å². The Labute approximate surface area is 122 Å². The number of ether oxygens (including phenoxy) is 1. The molecule has 110 valence electrons. The van der Waals surface area contributed by atoms with Crippen molar-refractivity contribution in [1.82, 2.24) is 14.5 Å². The van der Waals surface area contributed by atoms with E-state index in [1.165, 1.54) is 0 Å².